The largest absolute Gasteiger partial charge is 0.503 e. The molecule has 0 unspecified atom stereocenters. The van der Waals surface area contributed by atoms with Crippen LogP contribution in [0, 0.1) is 0 Å². The van der Waals surface area contributed by atoms with Crippen molar-refractivity contribution in [3.8, 4) is 5.88 Å². The molecule has 0 spiro atoms. The summed E-state index contributed by atoms with van der Waals surface area (Å²) >= 11 is 0. The normalized spacial score (nSPS) is 8.00. The predicted molar refractivity (Wildman–Crippen MR) is 37.2 cm³/mol. The van der Waals surface area contributed by atoms with Gasteiger partial charge in [0, 0.05) is 0 Å². The van der Waals surface area contributed by atoms with Gasteiger partial charge in [-0.2, -0.15) is 0 Å². The highest BCUT2D eigenvalue weighted by molar-refractivity contribution is 5.53. The third-order valence-electron chi connectivity index (χ3n) is 0.664. The van der Waals surface area contributed by atoms with E-state index in [1.807, 2.05) is 0 Å². The van der Waals surface area contributed by atoms with Crippen LogP contribution in [0.25, 0.3) is 0 Å². The van der Waals surface area contributed by atoms with Crippen LogP contribution in [0.1, 0.15) is 0 Å². The molecule has 12 heavy (non-hydrogen) atoms. The van der Waals surface area contributed by atoms with Gasteiger partial charge in [-0.1, -0.05) is 0 Å². The fourth-order valence-electron chi connectivity index (χ4n) is 0.358. The van der Waals surface area contributed by atoms with Gasteiger partial charge in [-0.15, -0.1) is 0 Å². The summed E-state index contributed by atoms with van der Waals surface area (Å²) in [4.78, 5) is 24.4. The lowest BCUT2D eigenvalue weighted by atomic mass is 10.6. The van der Waals surface area contributed by atoms with Crippen LogP contribution in [0.4, 0.5) is 4.79 Å². The van der Waals surface area contributed by atoms with E-state index in [2.05, 4.69) is 9.97 Å². The van der Waals surface area contributed by atoms with E-state index in [4.69, 9.17) is 20.1 Å². The molecule has 0 aliphatic heterocycles. The molecule has 1 heterocycles. The number of hydrogen-bond acceptors (Lipinski definition) is 4. The summed E-state index contributed by atoms with van der Waals surface area (Å²) in [6, 6.07) is 1.00. The van der Waals surface area contributed by atoms with Gasteiger partial charge >= 0.3 is 6.16 Å². The number of nitrogens with one attached hydrogen (secondary N) is 1. The fraction of sp³-hybridized carbons (Fsp3) is 0. The lowest BCUT2D eigenvalue weighted by Crippen LogP contribution is -2.01. The number of hydrogen-bond donors (Lipinski definition) is 4. The highest BCUT2D eigenvalue weighted by Gasteiger charge is 1.84. The van der Waals surface area contributed by atoms with Crippen molar-refractivity contribution in [3.05, 3.63) is 22.7 Å². The Bertz CT molecular complexity index is 303. The summed E-state index contributed by atoms with van der Waals surface area (Å²) in [5.41, 5.74) is -0.350. The summed E-state index contributed by atoms with van der Waals surface area (Å²) in [7, 11) is 0. The molecule has 0 aromatic carbocycles. The molecular formula is C5H6N2O5. The quantitative estimate of drug-likeness (QED) is 0.428. The Morgan fingerprint density at radius 3 is 2.25 bits per heavy atom. The van der Waals surface area contributed by atoms with Crippen molar-refractivity contribution in [3.63, 3.8) is 0 Å². The minimum absolute atomic E-state index is 0.256. The van der Waals surface area contributed by atoms with E-state index in [-0.39, 0.29) is 11.4 Å². The minimum Gasteiger partial charge on any atom is -0.493 e. The van der Waals surface area contributed by atoms with Gasteiger partial charge in [0.25, 0.3) is 5.56 Å². The lowest BCUT2D eigenvalue weighted by Gasteiger charge is -1.82. The van der Waals surface area contributed by atoms with Crippen molar-refractivity contribution in [1.82, 2.24) is 9.97 Å². The van der Waals surface area contributed by atoms with Crippen LogP contribution < -0.4 is 5.56 Å². The van der Waals surface area contributed by atoms with Crippen LogP contribution in [0.2, 0.25) is 0 Å². The zero-order valence-electron chi connectivity index (χ0n) is 5.76. The van der Waals surface area contributed by atoms with Gasteiger partial charge in [0.05, 0.1) is 12.4 Å². The smallest absolute Gasteiger partial charge is 0.493 e. The number of carbonyl (C=O) groups is 1. The van der Waals surface area contributed by atoms with Gasteiger partial charge in [-0.3, -0.25) is 4.79 Å². The second-order valence-corrected chi connectivity index (χ2v) is 1.55. The number of carboxylic acid groups (broad SMARTS) is 2. The van der Waals surface area contributed by atoms with Gasteiger partial charge in [0.1, 0.15) is 0 Å². The van der Waals surface area contributed by atoms with Crippen molar-refractivity contribution in [2.75, 3.05) is 0 Å². The van der Waals surface area contributed by atoms with Gasteiger partial charge in [-0.05, 0) is 0 Å². The highest BCUT2D eigenvalue weighted by Crippen LogP contribution is 1.90. The second kappa shape index (κ2) is 4.72. The first-order valence-electron chi connectivity index (χ1n) is 2.68. The van der Waals surface area contributed by atoms with E-state index in [9.17, 15) is 4.79 Å². The standard InChI is InChI=1S/C4H4N2O2.CH2O3/c7-3-1-4(8)6-2-5-3;2-1(3)4/h1-2H,(H2,5,6,7,8);(H2,2,3,4). The Balaban J connectivity index is 0.000000261. The second-order valence-electron chi connectivity index (χ2n) is 1.55. The summed E-state index contributed by atoms with van der Waals surface area (Å²) in [6.07, 6.45) is -0.697. The molecule has 0 radical (unpaired) electrons. The number of aromatic amines is 1. The summed E-state index contributed by atoms with van der Waals surface area (Å²) in [6.45, 7) is 0. The van der Waals surface area contributed by atoms with E-state index in [0.29, 0.717) is 0 Å². The molecule has 1 aromatic heterocycles. The Kier molecular flexibility index (Phi) is 3.91. The molecule has 0 aliphatic carbocycles. The molecule has 0 amide bonds. The highest BCUT2D eigenvalue weighted by atomic mass is 16.6. The molecule has 4 N–H and O–H groups in total. The summed E-state index contributed by atoms with van der Waals surface area (Å²) in [5.74, 6) is -0.256. The van der Waals surface area contributed by atoms with E-state index >= 15 is 0 Å². The zero-order chi connectivity index (χ0) is 9.56. The predicted octanol–water partition coefficient (Wildman–Crippen LogP) is -0.302. The van der Waals surface area contributed by atoms with Crippen LogP contribution >= 0.6 is 0 Å². The average Bonchev–Trinajstić information content (AvgIpc) is 1.84. The molecule has 0 atom stereocenters. The third-order valence-corrected chi connectivity index (χ3v) is 0.664. The molecule has 1 rings (SSSR count). The minimum atomic E-state index is -1.83. The Morgan fingerprint density at radius 2 is 2.00 bits per heavy atom. The van der Waals surface area contributed by atoms with Crippen LogP contribution in [0.5, 0.6) is 5.88 Å². The number of aromatic hydroxyl groups is 1. The zero-order valence-corrected chi connectivity index (χ0v) is 5.76. The van der Waals surface area contributed by atoms with Crippen LogP contribution in [0.3, 0.4) is 0 Å². The third kappa shape index (κ3) is 6.08. The fourth-order valence-corrected chi connectivity index (χ4v) is 0.358. The topological polar surface area (TPSA) is 124 Å². The van der Waals surface area contributed by atoms with E-state index in [1.165, 1.54) is 0 Å². The Hall–Kier alpha value is -2.05. The molecule has 0 aliphatic rings. The Labute approximate surface area is 65.9 Å². The monoisotopic (exact) mass is 174 g/mol. The molecule has 0 fully saturated rings. The molecule has 0 bridgehead atoms. The molecule has 0 saturated carbocycles. The summed E-state index contributed by atoms with van der Waals surface area (Å²) in [5, 5.41) is 22.4. The molecule has 66 valence electrons. The first kappa shape index (κ1) is 9.95. The summed E-state index contributed by atoms with van der Waals surface area (Å²) < 4.78 is 0. The number of aromatic nitrogens is 2. The van der Waals surface area contributed by atoms with Crippen LogP contribution in [-0.2, 0) is 0 Å². The first-order chi connectivity index (χ1) is 5.52. The molecule has 0 saturated heterocycles. The maximum Gasteiger partial charge on any atom is 0.503 e. The van der Waals surface area contributed by atoms with Crippen molar-refractivity contribution in [2.45, 2.75) is 0 Å². The van der Waals surface area contributed by atoms with Crippen molar-refractivity contribution in [1.29, 1.82) is 0 Å². The van der Waals surface area contributed by atoms with Gasteiger partial charge in [-0.25, -0.2) is 9.78 Å². The van der Waals surface area contributed by atoms with E-state index in [0.717, 1.165) is 12.4 Å². The Morgan fingerprint density at radius 1 is 1.50 bits per heavy atom. The first-order valence-corrected chi connectivity index (χ1v) is 2.68. The molecule has 7 nitrogen and oxygen atoms in total. The number of H-pyrrole nitrogens is 1. The van der Waals surface area contributed by atoms with Crippen molar-refractivity contribution >= 4 is 6.16 Å². The van der Waals surface area contributed by atoms with Crippen molar-refractivity contribution < 1.29 is 20.1 Å². The van der Waals surface area contributed by atoms with E-state index < -0.39 is 6.16 Å². The van der Waals surface area contributed by atoms with Gasteiger partial charge in [0.2, 0.25) is 5.88 Å². The average molecular weight is 174 g/mol. The van der Waals surface area contributed by atoms with Crippen LogP contribution in [-0.4, -0.2) is 31.4 Å². The maximum absolute atomic E-state index is 10.2. The van der Waals surface area contributed by atoms with E-state index in [1.54, 1.807) is 0 Å². The maximum atomic E-state index is 10.2. The van der Waals surface area contributed by atoms with Crippen molar-refractivity contribution in [2.24, 2.45) is 0 Å². The number of nitrogens with zero attached hydrogens (tertiary/aromatic N) is 1. The molecular weight excluding hydrogens is 168 g/mol. The van der Waals surface area contributed by atoms with Gasteiger partial charge in [0.15, 0.2) is 0 Å². The molecule has 7 heteroatoms. The van der Waals surface area contributed by atoms with Gasteiger partial charge < -0.3 is 20.3 Å². The number of rotatable bonds is 0. The SMILES string of the molecule is O=C(O)O.O=c1cc(O)nc[nH]1. The van der Waals surface area contributed by atoms with Crippen LogP contribution in [0.15, 0.2) is 17.2 Å². The lowest BCUT2D eigenvalue weighted by molar-refractivity contribution is 0.137. The molecule has 1 aromatic rings.